The van der Waals surface area contributed by atoms with Crippen molar-refractivity contribution < 1.29 is 23.0 Å². The van der Waals surface area contributed by atoms with Gasteiger partial charge in [-0.2, -0.15) is 8.78 Å². The van der Waals surface area contributed by atoms with E-state index < -0.39 is 6.61 Å². The number of carbonyl (C=O) groups is 1. The van der Waals surface area contributed by atoms with Gasteiger partial charge in [-0.05, 0) is 42.3 Å². The van der Waals surface area contributed by atoms with Crippen LogP contribution in [0.25, 0.3) is 0 Å². The summed E-state index contributed by atoms with van der Waals surface area (Å²) in [5, 5.41) is 2.88. The third-order valence-electron chi connectivity index (χ3n) is 3.46. The maximum absolute atomic E-state index is 12.5. The number of pyridine rings is 1. The van der Waals surface area contributed by atoms with Crippen molar-refractivity contribution in [1.29, 1.82) is 0 Å². The summed E-state index contributed by atoms with van der Waals surface area (Å²) in [6.45, 7) is 0.723. The Morgan fingerprint density at radius 3 is 2.60 bits per heavy atom. The van der Waals surface area contributed by atoms with Crippen LogP contribution < -0.4 is 14.8 Å². The number of carbonyl (C=O) groups excluding carboxylic acids is 1. The lowest BCUT2D eigenvalue weighted by atomic mass is 10.0. The molecule has 0 aliphatic carbocycles. The Balaban J connectivity index is 2.19. The van der Waals surface area contributed by atoms with Gasteiger partial charge in [0.25, 0.3) is 5.91 Å². The minimum absolute atomic E-state index is 0.0529. The maximum Gasteiger partial charge on any atom is 0.387 e. The van der Waals surface area contributed by atoms with E-state index in [-0.39, 0.29) is 29.0 Å². The molecular formula is C18H18F2N2O3. The summed E-state index contributed by atoms with van der Waals surface area (Å²) in [6.07, 6.45) is 5.50. The highest BCUT2D eigenvalue weighted by molar-refractivity contribution is 5.95. The Kier molecular flexibility index (Phi) is 6.45. The van der Waals surface area contributed by atoms with Crippen LogP contribution in [0.4, 0.5) is 8.78 Å². The second-order valence-corrected chi connectivity index (χ2v) is 5.08. The summed E-state index contributed by atoms with van der Waals surface area (Å²) in [5.74, 6) is -0.450. The standard InChI is InChI=1S/C18H18F2N2O3/c1-3-4-14(12-7-9-21-10-8-12)22-17(23)13-5-6-15(25-18(19)20)16(11-13)24-2/h3,5-11,14,18H,1,4H2,2H3,(H,22,23). The SMILES string of the molecule is C=CCC(NC(=O)c1ccc(OC(F)F)c(OC)c1)c1ccncc1. The number of rotatable bonds is 8. The molecule has 2 aromatic rings. The van der Waals surface area contributed by atoms with E-state index in [2.05, 4.69) is 21.6 Å². The number of alkyl halides is 2. The van der Waals surface area contributed by atoms with Crippen LogP contribution in [0.5, 0.6) is 11.5 Å². The molecule has 1 aromatic carbocycles. The quantitative estimate of drug-likeness (QED) is 0.738. The average Bonchev–Trinajstić information content (AvgIpc) is 2.61. The lowest BCUT2D eigenvalue weighted by Crippen LogP contribution is -2.28. The molecule has 0 spiro atoms. The van der Waals surface area contributed by atoms with Crippen LogP contribution in [0.2, 0.25) is 0 Å². The van der Waals surface area contributed by atoms with Crippen LogP contribution in [-0.4, -0.2) is 24.6 Å². The molecule has 0 saturated carbocycles. The monoisotopic (exact) mass is 348 g/mol. The van der Waals surface area contributed by atoms with E-state index in [1.165, 1.54) is 25.3 Å². The molecule has 1 unspecified atom stereocenters. The van der Waals surface area contributed by atoms with Gasteiger partial charge in [-0.3, -0.25) is 9.78 Å². The van der Waals surface area contributed by atoms with E-state index in [1.54, 1.807) is 30.6 Å². The van der Waals surface area contributed by atoms with Gasteiger partial charge in [-0.15, -0.1) is 6.58 Å². The predicted octanol–water partition coefficient (Wildman–Crippen LogP) is 3.74. The van der Waals surface area contributed by atoms with Crippen molar-refractivity contribution >= 4 is 5.91 Å². The van der Waals surface area contributed by atoms with Crippen molar-refractivity contribution in [3.8, 4) is 11.5 Å². The topological polar surface area (TPSA) is 60.5 Å². The molecule has 5 nitrogen and oxygen atoms in total. The fourth-order valence-electron chi connectivity index (χ4n) is 2.28. The number of nitrogens with one attached hydrogen (secondary N) is 1. The summed E-state index contributed by atoms with van der Waals surface area (Å²) in [4.78, 5) is 16.5. The van der Waals surface area contributed by atoms with Gasteiger partial charge in [-0.1, -0.05) is 6.08 Å². The molecule has 0 fully saturated rings. The second kappa shape index (κ2) is 8.77. The van der Waals surface area contributed by atoms with Crippen molar-refractivity contribution in [3.63, 3.8) is 0 Å². The van der Waals surface area contributed by atoms with Crippen LogP contribution in [0.15, 0.2) is 55.4 Å². The molecule has 1 N–H and O–H groups in total. The molecule has 132 valence electrons. The van der Waals surface area contributed by atoms with E-state index in [0.717, 1.165) is 5.56 Å². The zero-order valence-corrected chi connectivity index (χ0v) is 13.6. The number of hydrogen-bond donors (Lipinski definition) is 1. The molecule has 2 rings (SSSR count). The summed E-state index contributed by atoms with van der Waals surface area (Å²) in [6, 6.07) is 7.34. The lowest BCUT2D eigenvalue weighted by Gasteiger charge is -2.18. The molecule has 0 radical (unpaired) electrons. The molecule has 0 aliphatic rings. The molecule has 1 aromatic heterocycles. The zero-order chi connectivity index (χ0) is 18.2. The van der Waals surface area contributed by atoms with Gasteiger partial charge in [0.05, 0.1) is 13.2 Å². The number of methoxy groups -OCH3 is 1. The van der Waals surface area contributed by atoms with Gasteiger partial charge >= 0.3 is 6.61 Å². The Hall–Kier alpha value is -2.96. The first kappa shape index (κ1) is 18.4. The minimum Gasteiger partial charge on any atom is -0.493 e. The highest BCUT2D eigenvalue weighted by Gasteiger charge is 2.17. The first-order chi connectivity index (χ1) is 12.0. The summed E-state index contributed by atoms with van der Waals surface area (Å²) >= 11 is 0. The van der Waals surface area contributed by atoms with Gasteiger partial charge in [-0.25, -0.2) is 0 Å². The first-order valence-electron chi connectivity index (χ1n) is 7.49. The fourth-order valence-corrected chi connectivity index (χ4v) is 2.28. The Morgan fingerprint density at radius 1 is 1.28 bits per heavy atom. The molecule has 0 saturated heterocycles. The molecule has 0 bridgehead atoms. The van der Waals surface area contributed by atoms with E-state index in [9.17, 15) is 13.6 Å². The summed E-state index contributed by atoms with van der Waals surface area (Å²) < 4.78 is 34.1. The van der Waals surface area contributed by atoms with Crippen LogP contribution in [0, 0.1) is 0 Å². The van der Waals surface area contributed by atoms with E-state index in [0.29, 0.717) is 6.42 Å². The van der Waals surface area contributed by atoms with Crippen LogP contribution in [0.1, 0.15) is 28.4 Å². The number of hydrogen-bond acceptors (Lipinski definition) is 4. The van der Waals surface area contributed by atoms with Gasteiger partial charge in [0.1, 0.15) is 0 Å². The Bertz CT molecular complexity index is 724. The summed E-state index contributed by atoms with van der Waals surface area (Å²) in [5.41, 5.74) is 1.15. The number of aromatic nitrogens is 1. The molecular weight excluding hydrogens is 330 g/mol. The first-order valence-corrected chi connectivity index (χ1v) is 7.49. The number of benzene rings is 1. The van der Waals surface area contributed by atoms with Gasteiger partial charge in [0.2, 0.25) is 0 Å². The van der Waals surface area contributed by atoms with Crippen LogP contribution in [-0.2, 0) is 0 Å². The predicted molar refractivity (Wildman–Crippen MR) is 88.9 cm³/mol. The third-order valence-corrected chi connectivity index (χ3v) is 3.46. The molecule has 0 aliphatic heterocycles. The molecule has 1 heterocycles. The van der Waals surface area contributed by atoms with E-state index >= 15 is 0 Å². The zero-order valence-electron chi connectivity index (χ0n) is 13.6. The lowest BCUT2D eigenvalue weighted by molar-refractivity contribution is -0.0512. The minimum atomic E-state index is -2.97. The van der Waals surface area contributed by atoms with E-state index in [1.807, 2.05) is 0 Å². The fraction of sp³-hybridized carbons (Fsp3) is 0.222. The third kappa shape index (κ3) is 5.00. The highest BCUT2D eigenvalue weighted by Crippen LogP contribution is 2.29. The smallest absolute Gasteiger partial charge is 0.387 e. The van der Waals surface area contributed by atoms with Crippen molar-refractivity contribution in [2.45, 2.75) is 19.1 Å². The molecule has 1 atom stereocenters. The number of nitrogens with zero attached hydrogens (tertiary/aromatic N) is 1. The van der Waals surface area contributed by atoms with Crippen molar-refractivity contribution in [2.24, 2.45) is 0 Å². The van der Waals surface area contributed by atoms with Crippen LogP contribution >= 0.6 is 0 Å². The van der Waals surface area contributed by atoms with Crippen LogP contribution in [0.3, 0.4) is 0 Å². The van der Waals surface area contributed by atoms with E-state index in [4.69, 9.17) is 4.74 Å². The van der Waals surface area contributed by atoms with Crippen molar-refractivity contribution in [2.75, 3.05) is 7.11 Å². The van der Waals surface area contributed by atoms with Crippen molar-refractivity contribution in [1.82, 2.24) is 10.3 Å². The Morgan fingerprint density at radius 2 is 2.00 bits per heavy atom. The van der Waals surface area contributed by atoms with Gasteiger partial charge < -0.3 is 14.8 Å². The number of ether oxygens (including phenoxy) is 2. The summed E-state index contributed by atoms with van der Waals surface area (Å²) in [7, 11) is 1.31. The Labute approximate surface area is 144 Å². The number of amides is 1. The molecule has 1 amide bonds. The van der Waals surface area contributed by atoms with Gasteiger partial charge in [0.15, 0.2) is 11.5 Å². The van der Waals surface area contributed by atoms with Gasteiger partial charge in [0, 0.05) is 18.0 Å². The molecule has 7 heteroatoms. The largest absolute Gasteiger partial charge is 0.493 e. The number of halogens is 2. The average molecular weight is 348 g/mol. The van der Waals surface area contributed by atoms with Crippen molar-refractivity contribution in [3.05, 3.63) is 66.5 Å². The highest BCUT2D eigenvalue weighted by atomic mass is 19.3. The normalized spacial score (nSPS) is 11.7. The molecule has 25 heavy (non-hydrogen) atoms. The second-order valence-electron chi connectivity index (χ2n) is 5.08. The maximum atomic E-state index is 12.5.